The molecule has 0 bridgehead atoms. The maximum atomic E-state index is 13.8. The van der Waals surface area contributed by atoms with Crippen molar-refractivity contribution in [2.45, 2.75) is 12.5 Å². The topological polar surface area (TPSA) is 66.8 Å². The van der Waals surface area contributed by atoms with Crippen LogP contribution in [0.1, 0.15) is 32.6 Å². The SMILES string of the molecule is Cc1c2c(c3ccccc3c1O)C1(OC(=O)c3cccc4cccc1c34)c1c-2cc(O)c2ccccc12. The van der Waals surface area contributed by atoms with Gasteiger partial charge in [0.1, 0.15) is 11.5 Å². The van der Waals surface area contributed by atoms with Gasteiger partial charge in [-0.15, -0.1) is 0 Å². The molecule has 0 aromatic heterocycles. The van der Waals surface area contributed by atoms with Crippen molar-refractivity contribution in [2.75, 3.05) is 0 Å². The van der Waals surface area contributed by atoms with Gasteiger partial charge in [0.25, 0.3) is 0 Å². The number of hydrogen-bond acceptors (Lipinski definition) is 4. The molecule has 2 aliphatic rings. The molecule has 0 radical (unpaired) electrons. The van der Waals surface area contributed by atoms with Gasteiger partial charge < -0.3 is 14.9 Å². The summed E-state index contributed by atoms with van der Waals surface area (Å²) >= 11 is 0. The lowest BCUT2D eigenvalue weighted by molar-refractivity contribution is 0.0149. The highest BCUT2D eigenvalue weighted by Gasteiger charge is 2.54. The molecular weight excluding hydrogens is 460 g/mol. The Morgan fingerprint density at radius 3 is 2.11 bits per heavy atom. The van der Waals surface area contributed by atoms with Crippen LogP contribution in [0.2, 0.25) is 0 Å². The van der Waals surface area contributed by atoms with Gasteiger partial charge >= 0.3 is 5.97 Å². The second-order valence-electron chi connectivity index (χ2n) is 9.91. The molecule has 1 atom stereocenters. The van der Waals surface area contributed by atoms with E-state index in [-0.39, 0.29) is 11.5 Å². The molecule has 2 N–H and O–H groups in total. The summed E-state index contributed by atoms with van der Waals surface area (Å²) in [7, 11) is 0. The standard InChI is InChI=1S/C33H20O4/c1-17-27-24-16-26(34)19-10-2-3-11-20(19)29(24)33(30(27)21-12-4-5-13-22(21)31(17)35)25-15-7-9-18-8-6-14-23(28(18)25)32(36)37-33/h2-16,34-35H,1H3. The van der Waals surface area contributed by atoms with Gasteiger partial charge in [-0.3, -0.25) is 0 Å². The van der Waals surface area contributed by atoms with E-state index in [1.54, 1.807) is 6.07 Å². The number of carbonyl (C=O) groups excluding carboxylic acids is 1. The van der Waals surface area contributed by atoms with Crippen LogP contribution < -0.4 is 0 Å². The maximum absolute atomic E-state index is 13.8. The van der Waals surface area contributed by atoms with E-state index in [0.29, 0.717) is 21.9 Å². The van der Waals surface area contributed by atoms with Crippen LogP contribution >= 0.6 is 0 Å². The van der Waals surface area contributed by atoms with Crippen molar-refractivity contribution in [3.05, 3.63) is 119 Å². The van der Waals surface area contributed by atoms with Crippen LogP contribution in [0.4, 0.5) is 0 Å². The molecule has 8 rings (SSSR count). The quantitative estimate of drug-likeness (QED) is 0.224. The molecule has 0 saturated heterocycles. The first-order valence-electron chi connectivity index (χ1n) is 12.3. The number of phenols is 2. The molecule has 1 aliphatic carbocycles. The van der Waals surface area contributed by atoms with Crippen molar-refractivity contribution < 1.29 is 19.7 Å². The van der Waals surface area contributed by atoms with E-state index in [1.807, 2.05) is 91.9 Å². The second kappa shape index (κ2) is 6.68. The molecule has 4 heteroatoms. The third-order valence-electron chi connectivity index (χ3n) is 8.18. The summed E-state index contributed by atoms with van der Waals surface area (Å²) in [5, 5.41) is 27.2. The third-order valence-corrected chi connectivity index (χ3v) is 8.18. The summed E-state index contributed by atoms with van der Waals surface area (Å²) in [6, 6.07) is 28.9. The molecule has 0 saturated carbocycles. The van der Waals surface area contributed by atoms with Crippen molar-refractivity contribution >= 4 is 38.3 Å². The van der Waals surface area contributed by atoms with E-state index >= 15 is 0 Å². The Bertz CT molecular complexity index is 2010. The molecule has 0 amide bonds. The molecule has 6 aromatic carbocycles. The van der Waals surface area contributed by atoms with E-state index in [1.165, 1.54) is 0 Å². The number of rotatable bonds is 0. The van der Waals surface area contributed by atoms with Gasteiger partial charge in [0.2, 0.25) is 0 Å². The summed E-state index contributed by atoms with van der Waals surface area (Å²) in [6.07, 6.45) is 0. The number of aromatic hydroxyl groups is 2. The van der Waals surface area contributed by atoms with E-state index < -0.39 is 11.6 Å². The summed E-state index contributed by atoms with van der Waals surface area (Å²) in [6.45, 7) is 1.88. The fraction of sp³-hybridized carbons (Fsp3) is 0.0606. The predicted molar refractivity (Wildman–Crippen MR) is 144 cm³/mol. The minimum absolute atomic E-state index is 0.144. The van der Waals surface area contributed by atoms with Crippen LogP contribution in [0.3, 0.4) is 0 Å². The first-order valence-corrected chi connectivity index (χ1v) is 12.3. The molecule has 1 spiro atoms. The van der Waals surface area contributed by atoms with Crippen LogP contribution in [0, 0.1) is 6.92 Å². The molecule has 1 heterocycles. The van der Waals surface area contributed by atoms with Crippen LogP contribution in [0.25, 0.3) is 43.4 Å². The normalized spacial score (nSPS) is 17.4. The van der Waals surface area contributed by atoms with Crippen molar-refractivity contribution in [2.24, 2.45) is 0 Å². The fourth-order valence-electron chi connectivity index (χ4n) is 6.74. The van der Waals surface area contributed by atoms with Crippen LogP contribution in [0.5, 0.6) is 11.5 Å². The second-order valence-corrected chi connectivity index (χ2v) is 9.91. The Labute approximate surface area is 212 Å². The number of benzene rings is 6. The van der Waals surface area contributed by atoms with E-state index in [4.69, 9.17) is 4.74 Å². The van der Waals surface area contributed by atoms with Gasteiger partial charge in [0.05, 0.1) is 5.56 Å². The molecule has 176 valence electrons. The number of carbonyl (C=O) groups is 1. The van der Waals surface area contributed by atoms with Crippen LogP contribution in [-0.4, -0.2) is 16.2 Å². The highest BCUT2D eigenvalue weighted by Crippen LogP contribution is 2.62. The van der Waals surface area contributed by atoms with Gasteiger partial charge in [-0.1, -0.05) is 78.9 Å². The Balaban J connectivity index is 1.71. The minimum Gasteiger partial charge on any atom is -0.507 e. The summed E-state index contributed by atoms with van der Waals surface area (Å²) in [5.74, 6) is -0.0639. The fourth-order valence-corrected chi connectivity index (χ4v) is 6.74. The first kappa shape index (κ1) is 20.4. The number of esters is 1. The average molecular weight is 481 g/mol. The van der Waals surface area contributed by atoms with E-state index in [9.17, 15) is 15.0 Å². The molecule has 4 nitrogen and oxygen atoms in total. The van der Waals surface area contributed by atoms with Crippen LogP contribution in [0.15, 0.2) is 91.0 Å². The third kappa shape index (κ3) is 2.27. The highest BCUT2D eigenvalue weighted by atomic mass is 16.6. The van der Waals surface area contributed by atoms with Crippen molar-refractivity contribution in [3.8, 4) is 22.6 Å². The zero-order chi connectivity index (χ0) is 25.1. The summed E-state index contributed by atoms with van der Waals surface area (Å²) in [5.41, 5.74) is 4.02. The predicted octanol–water partition coefficient (Wildman–Crippen LogP) is 7.31. The Morgan fingerprint density at radius 2 is 1.35 bits per heavy atom. The average Bonchev–Trinajstić information content (AvgIpc) is 3.21. The smallest absolute Gasteiger partial charge is 0.340 e. The summed E-state index contributed by atoms with van der Waals surface area (Å²) in [4.78, 5) is 13.8. The minimum atomic E-state index is -1.26. The number of phenolic OH excluding ortho intramolecular Hbond substituents is 2. The Kier molecular flexibility index (Phi) is 3.68. The van der Waals surface area contributed by atoms with Gasteiger partial charge in [-0.25, -0.2) is 4.79 Å². The van der Waals surface area contributed by atoms with Gasteiger partial charge in [-0.2, -0.15) is 0 Å². The molecule has 37 heavy (non-hydrogen) atoms. The molecular formula is C33H20O4. The molecule has 1 aliphatic heterocycles. The lowest BCUT2D eigenvalue weighted by Gasteiger charge is -2.38. The number of fused-ring (bicyclic) bond motifs is 10. The van der Waals surface area contributed by atoms with E-state index in [2.05, 4.69) is 0 Å². The monoisotopic (exact) mass is 480 g/mol. The van der Waals surface area contributed by atoms with Crippen LogP contribution in [-0.2, 0) is 10.3 Å². The van der Waals surface area contributed by atoms with Gasteiger partial charge in [0.15, 0.2) is 5.60 Å². The lowest BCUT2D eigenvalue weighted by atomic mass is 9.75. The van der Waals surface area contributed by atoms with Crippen molar-refractivity contribution in [1.29, 1.82) is 0 Å². The molecule has 0 fully saturated rings. The Morgan fingerprint density at radius 1 is 0.703 bits per heavy atom. The van der Waals surface area contributed by atoms with E-state index in [0.717, 1.165) is 49.4 Å². The lowest BCUT2D eigenvalue weighted by Crippen LogP contribution is -2.37. The number of ether oxygens (including phenoxy) is 1. The first-order chi connectivity index (χ1) is 18.0. The zero-order valence-corrected chi connectivity index (χ0v) is 19.9. The molecule has 6 aromatic rings. The number of hydrogen-bond donors (Lipinski definition) is 2. The maximum Gasteiger partial charge on any atom is 0.340 e. The Hall–Kier alpha value is -4.83. The largest absolute Gasteiger partial charge is 0.507 e. The highest BCUT2D eigenvalue weighted by molar-refractivity contribution is 6.14. The van der Waals surface area contributed by atoms with Gasteiger partial charge in [0, 0.05) is 32.8 Å². The molecule has 1 unspecified atom stereocenters. The van der Waals surface area contributed by atoms with Crippen molar-refractivity contribution in [3.63, 3.8) is 0 Å². The van der Waals surface area contributed by atoms with Crippen molar-refractivity contribution in [1.82, 2.24) is 0 Å². The van der Waals surface area contributed by atoms with Gasteiger partial charge in [-0.05, 0) is 51.9 Å². The summed E-state index contributed by atoms with van der Waals surface area (Å²) < 4.78 is 6.65. The zero-order valence-electron chi connectivity index (χ0n) is 19.9.